The van der Waals surface area contributed by atoms with Crippen molar-refractivity contribution < 1.29 is 33.1 Å². The highest BCUT2D eigenvalue weighted by atomic mass is 31.2. The number of ether oxygens (including phenoxy) is 2. The molecule has 0 aliphatic heterocycles. The Hall–Kier alpha value is -0.980. The number of phosphoric ester groups is 1. The van der Waals surface area contributed by atoms with E-state index < -0.39 is 13.9 Å². The molecule has 0 fully saturated rings. The molecular formula is C40H77O7P. The van der Waals surface area contributed by atoms with Crippen LogP contribution in [0.15, 0.2) is 24.3 Å². The van der Waals surface area contributed by atoms with E-state index in [1.807, 2.05) is 0 Å². The van der Waals surface area contributed by atoms with Crippen molar-refractivity contribution in [2.45, 2.75) is 206 Å². The van der Waals surface area contributed by atoms with E-state index in [9.17, 15) is 9.36 Å². The second kappa shape index (κ2) is 37.3. The van der Waals surface area contributed by atoms with E-state index in [1.165, 1.54) is 122 Å². The largest absolute Gasteiger partial charge is 0.469 e. The molecule has 8 heteroatoms. The maximum Gasteiger partial charge on any atom is 0.469 e. The quantitative estimate of drug-likeness (QED) is 0.0286. The summed E-state index contributed by atoms with van der Waals surface area (Å²) in [5.74, 6) is -0.374. The van der Waals surface area contributed by atoms with Gasteiger partial charge < -0.3 is 19.3 Å². The van der Waals surface area contributed by atoms with E-state index in [0.717, 1.165) is 57.8 Å². The number of allylic oxidation sites excluding steroid dienone is 4. The topological polar surface area (TPSA) is 102 Å². The number of hydrogen-bond acceptors (Lipinski definition) is 5. The first-order valence-electron chi connectivity index (χ1n) is 20.2. The zero-order valence-electron chi connectivity index (χ0n) is 31.4. The lowest BCUT2D eigenvalue weighted by atomic mass is 10.0. The summed E-state index contributed by atoms with van der Waals surface area (Å²) >= 11 is 0. The molecule has 0 saturated carbocycles. The lowest BCUT2D eigenvalue weighted by Gasteiger charge is -2.18. The maximum absolute atomic E-state index is 12.4. The molecule has 0 saturated heterocycles. The molecule has 7 nitrogen and oxygen atoms in total. The van der Waals surface area contributed by atoms with Crippen molar-refractivity contribution in [3.63, 3.8) is 0 Å². The van der Waals surface area contributed by atoms with Crippen LogP contribution in [0, 0.1) is 0 Å². The highest BCUT2D eigenvalue weighted by Crippen LogP contribution is 2.36. The molecule has 284 valence electrons. The number of hydrogen-bond donors (Lipinski definition) is 2. The van der Waals surface area contributed by atoms with Crippen LogP contribution in [0.25, 0.3) is 0 Å². The normalized spacial score (nSPS) is 12.8. The number of carbonyl (C=O) groups is 1. The Morgan fingerprint density at radius 2 is 1.00 bits per heavy atom. The summed E-state index contributed by atoms with van der Waals surface area (Å²) in [5.41, 5.74) is 0. The van der Waals surface area contributed by atoms with Crippen LogP contribution in [0.5, 0.6) is 0 Å². The molecule has 0 bridgehead atoms. The smallest absolute Gasteiger partial charge is 0.457 e. The van der Waals surface area contributed by atoms with Gasteiger partial charge in [-0.25, -0.2) is 4.57 Å². The van der Waals surface area contributed by atoms with Crippen LogP contribution in [-0.4, -0.2) is 41.7 Å². The molecule has 0 aromatic carbocycles. The van der Waals surface area contributed by atoms with Crippen LogP contribution < -0.4 is 0 Å². The highest BCUT2D eigenvalue weighted by molar-refractivity contribution is 7.46. The molecule has 0 unspecified atom stereocenters. The third-order valence-electron chi connectivity index (χ3n) is 8.75. The van der Waals surface area contributed by atoms with Crippen LogP contribution in [0.2, 0.25) is 0 Å². The third kappa shape index (κ3) is 39.5. The number of esters is 1. The van der Waals surface area contributed by atoms with Crippen LogP contribution in [0.3, 0.4) is 0 Å². The molecular weight excluding hydrogens is 623 g/mol. The Kier molecular flexibility index (Phi) is 36.5. The lowest BCUT2D eigenvalue weighted by molar-refractivity contribution is -0.154. The number of phosphoric acid groups is 1. The van der Waals surface area contributed by atoms with Gasteiger partial charge in [0.05, 0.1) is 13.2 Å². The van der Waals surface area contributed by atoms with Crippen LogP contribution in [0.1, 0.15) is 200 Å². The van der Waals surface area contributed by atoms with E-state index in [4.69, 9.17) is 19.3 Å². The fraction of sp³-hybridized carbons (Fsp3) is 0.875. The predicted molar refractivity (Wildman–Crippen MR) is 202 cm³/mol. The summed E-state index contributed by atoms with van der Waals surface area (Å²) in [6.45, 7) is 4.72. The molecule has 0 aliphatic rings. The Morgan fingerprint density at radius 1 is 0.562 bits per heavy atom. The lowest BCUT2D eigenvalue weighted by Crippen LogP contribution is -2.28. The van der Waals surface area contributed by atoms with Gasteiger partial charge >= 0.3 is 13.8 Å². The van der Waals surface area contributed by atoms with Gasteiger partial charge in [0.2, 0.25) is 0 Å². The van der Waals surface area contributed by atoms with E-state index >= 15 is 0 Å². The fourth-order valence-electron chi connectivity index (χ4n) is 5.75. The van der Waals surface area contributed by atoms with Crippen molar-refractivity contribution in [1.29, 1.82) is 0 Å². The summed E-state index contributed by atoms with van der Waals surface area (Å²) in [7, 11) is -4.65. The van der Waals surface area contributed by atoms with E-state index in [1.54, 1.807) is 0 Å². The molecule has 2 N–H and O–H groups in total. The molecule has 0 amide bonds. The molecule has 1 atom stereocenters. The number of unbranched alkanes of at least 4 members (excludes halogenated alkanes) is 24. The molecule has 0 rings (SSSR count). The van der Waals surface area contributed by atoms with Gasteiger partial charge in [-0.15, -0.1) is 0 Å². The van der Waals surface area contributed by atoms with Gasteiger partial charge in [-0.1, -0.05) is 179 Å². The zero-order valence-corrected chi connectivity index (χ0v) is 32.3. The first-order chi connectivity index (χ1) is 23.4. The van der Waals surface area contributed by atoms with E-state index in [2.05, 4.69) is 42.7 Å². The van der Waals surface area contributed by atoms with Gasteiger partial charge in [0.1, 0.15) is 6.10 Å². The maximum atomic E-state index is 12.4. The van der Waals surface area contributed by atoms with Crippen LogP contribution in [-0.2, 0) is 23.4 Å². The van der Waals surface area contributed by atoms with Gasteiger partial charge in [0.15, 0.2) is 0 Å². The van der Waals surface area contributed by atoms with Gasteiger partial charge in [-0.2, -0.15) is 0 Å². The summed E-state index contributed by atoms with van der Waals surface area (Å²) in [6.07, 6.45) is 43.1. The molecule has 0 radical (unpaired) electrons. The second-order valence-electron chi connectivity index (χ2n) is 13.6. The second-order valence-corrected chi connectivity index (χ2v) is 14.9. The predicted octanol–water partition coefficient (Wildman–Crippen LogP) is 12.5. The van der Waals surface area contributed by atoms with Crippen molar-refractivity contribution in [3.8, 4) is 0 Å². The van der Waals surface area contributed by atoms with Crippen molar-refractivity contribution in [1.82, 2.24) is 0 Å². The summed E-state index contributed by atoms with van der Waals surface area (Å²) in [6, 6.07) is 0. The molecule has 0 aromatic rings. The van der Waals surface area contributed by atoms with E-state index in [0.29, 0.717) is 6.61 Å². The fourth-order valence-corrected chi connectivity index (χ4v) is 6.11. The highest BCUT2D eigenvalue weighted by Gasteiger charge is 2.21. The average molecular weight is 701 g/mol. The minimum absolute atomic E-state index is 0.0761. The molecule has 0 aromatic heterocycles. The van der Waals surface area contributed by atoms with Gasteiger partial charge in [0.25, 0.3) is 0 Å². The minimum atomic E-state index is -4.65. The van der Waals surface area contributed by atoms with Gasteiger partial charge in [-0.05, 0) is 38.5 Å². The van der Waals surface area contributed by atoms with Crippen molar-refractivity contribution in [3.05, 3.63) is 24.3 Å². The van der Waals surface area contributed by atoms with Gasteiger partial charge in [0, 0.05) is 13.0 Å². The Labute approximate surface area is 296 Å². The van der Waals surface area contributed by atoms with Crippen molar-refractivity contribution in [2.75, 3.05) is 19.8 Å². The SMILES string of the molecule is CCCC/C=C\C/C=C\CCCCCCCC(=O)O[C@H](COCCCCCCCCCCCCCCCCCCCC)COP(=O)(O)O. The van der Waals surface area contributed by atoms with Crippen molar-refractivity contribution >= 4 is 13.8 Å². The Morgan fingerprint density at radius 3 is 1.50 bits per heavy atom. The molecule has 0 heterocycles. The monoisotopic (exact) mass is 701 g/mol. The summed E-state index contributed by atoms with van der Waals surface area (Å²) in [4.78, 5) is 30.5. The van der Waals surface area contributed by atoms with Crippen LogP contribution in [0.4, 0.5) is 0 Å². The first kappa shape index (κ1) is 47.0. The molecule has 48 heavy (non-hydrogen) atoms. The Bertz CT molecular complexity index is 780. The Balaban J connectivity index is 3.79. The van der Waals surface area contributed by atoms with Crippen LogP contribution >= 0.6 is 7.82 Å². The summed E-state index contributed by atoms with van der Waals surface area (Å²) < 4.78 is 26.9. The average Bonchev–Trinajstić information content (AvgIpc) is 3.06. The molecule has 0 spiro atoms. The van der Waals surface area contributed by atoms with Gasteiger partial charge in [-0.3, -0.25) is 9.32 Å². The standard InChI is InChI=1S/C40H77O7P/c1-3-5-7-9-11-13-15-17-19-20-21-22-24-26-28-30-32-34-36-45-37-39(38-46-48(42,43)44)47-40(41)35-33-31-29-27-25-23-18-16-14-12-10-8-6-4-2/h10,12,16,18,39H,3-9,11,13-15,17,19-38H2,1-2H3,(H2,42,43,44)/b12-10-,18-16-/t39-/m1/s1. The van der Waals surface area contributed by atoms with E-state index in [-0.39, 0.29) is 25.6 Å². The number of carbonyl (C=O) groups excluding carboxylic acids is 1. The zero-order chi connectivity index (χ0) is 35.2. The minimum Gasteiger partial charge on any atom is -0.457 e. The first-order valence-corrected chi connectivity index (χ1v) is 21.7. The van der Waals surface area contributed by atoms with Crippen molar-refractivity contribution in [2.24, 2.45) is 0 Å². The third-order valence-corrected chi connectivity index (χ3v) is 9.24. The number of rotatable bonds is 38. The molecule has 0 aliphatic carbocycles. The summed E-state index contributed by atoms with van der Waals surface area (Å²) in [5, 5.41) is 0.